The fourth-order valence-corrected chi connectivity index (χ4v) is 2.54. The number of nitrogens with two attached hydrogens (primary N) is 1. The molecule has 0 aliphatic rings. The predicted molar refractivity (Wildman–Crippen MR) is 82.7 cm³/mol. The molecule has 0 fully saturated rings. The number of hydrogen-bond acceptors (Lipinski definition) is 1. The van der Waals surface area contributed by atoms with Crippen LogP contribution in [0.3, 0.4) is 0 Å². The van der Waals surface area contributed by atoms with E-state index < -0.39 is 0 Å². The molecule has 2 aromatic carbocycles. The molecule has 0 aliphatic carbocycles. The Morgan fingerprint density at radius 1 is 1.11 bits per heavy atom. The van der Waals surface area contributed by atoms with E-state index in [9.17, 15) is 0 Å². The first-order chi connectivity index (χ1) is 9.03. The van der Waals surface area contributed by atoms with Crippen molar-refractivity contribution in [2.75, 3.05) is 6.54 Å². The van der Waals surface area contributed by atoms with Gasteiger partial charge in [0, 0.05) is 17.0 Å². The van der Waals surface area contributed by atoms with Crippen molar-refractivity contribution in [1.82, 2.24) is 0 Å². The summed E-state index contributed by atoms with van der Waals surface area (Å²) in [6.07, 6.45) is 0.937. The van der Waals surface area contributed by atoms with Crippen LogP contribution in [-0.4, -0.2) is 6.54 Å². The van der Waals surface area contributed by atoms with Gasteiger partial charge in [0.15, 0.2) is 0 Å². The molecule has 2 rings (SSSR count). The Labute approximate surface area is 120 Å². The first-order valence-electron chi connectivity index (χ1n) is 6.55. The lowest BCUT2D eigenvalue weighted by molar-refractivity contribution is 0.481. The highest BCUT2D eigenvalue weighted by Gasteiger charge is 2.25. The summed E-state index contributed by atoms with van der Waals surface area (Å²) in [6.45, 7) is 4.94. The molecule has 100 valence electrons. The van der Waals surface area contributed by atoms with Crippen molar-refractivity contribution >= 4 is 11.6 Å². The summed E-state index contributed by atoms with van der Waals surface area (Å²) in [7, 11) is 0. The van der Waals surface area contributed by atoms with Gasteiger partial charge in [0.05, 0.1) is 0 Å². The molecule has 0 saturated carbocycles. The Morgan fingerprint density at radius 3 is 2.37 bits per heavy atom. The van der Waals surface area contributed by atoms with Crippen LogP contribution in [-0.2, 0) is 11.8 Å². The van der Waals surface area contributed by atoms with E-state index in [1.165, 1.54) is 16.7 Å². The Kier molecular flexibility index (Phi) is 4.28. The summed E-state index contributed by atoms with van der Waals surface area (Å²) in [5, 5.41) is 0.763. The summed E-state index contributed by atoms with van der Waals surface area (Å²) in [4.78, 5) is 0. The molecule has 0 saturated heterocycles. The number of benzene rings is 2. The maximum absolute atomic E-state index is 6.03. The summed E-state index contributed by atoms with van der Waals surface area (Å²) in [6, 6.07) is 16.6. The molecule has 0 aliphatic heterocycles. The zero-order valence-corrected chi connectivity index (χ0v) is 12.2. The van der Waals surface area contributed by atoms with Gasteiger partial charge in [-0.3, -0.25) is 0 Å². The first kappa shape index (κ1) is 14.1. The molecule has 0 spiro atoms. The fourth-order valence-electron chi connectivity index (χ4n) is 2.42. The zero-order valence-electron chi connectivity index (χ0n) is 11.5. The second kappa shape index (κ2) is 5.77. The van der Waals surface area contributed by atoms with E-state index in [4.69, 9.17) is 17.3 Å². The smallest absolute Gasteiger partial charge is 0.0406 e. The number of aryl methyl sites for hydroxylation is 1. The van der Waals surface area contributed by atoms with Crippen LogP contribution in [0.15, 0.2) is 48.5 Å². The molecular weight excluding hydrogens is 254 g/mol. The van der Waals surface area contributed by atoms with Crippen LogP contribution in [0.1, 0.15) is 23.6 Å². The highest BCUT2D eigenvalue weighted by molar-refractivity contribution is 6.30. The molecule has 1 atom stereocenters. The van der Waals surface area contributed by atoms with Gasteiger partial charge in [-0.05, 0) is 36.6 Å². The van der Waals surface area contributed by atoms with Crippen LogP contribution in [0.2, 0.25) is 5.02 Å². The van der Waals surface area contributed by atoms with Gasteiger partial charge in [0.2, 0.25) is 0 Å². The monoisotopic (exact) mass is 273 g/mol. The lowest BCUT2D eigenvalue weighted by Gasteiger charge is -2.29. The summed E-state index contributed by atoms with van der Waals surface area (Å²) in [5.41, 5.74) is 9.82. The highest BCUT2D eigenvalue weighted by Crippen LogP contribution is 2.28. The van der Waals surface area contributed by atoms with E-state index in [2.05, 4.69) is 50.2 Å². The lowest BCUT2D eigenvalue weighted by atomic mass is 9.77. The zero-order chi connectivity index (χ0) is 13.9. The van der Waals surface area contributed by atoms with Gasteiger partial charge in [-0.1, -0.05) is 60.5 Å². The average molecular weight is 274 g/mol. The van der Waals surface area contributed by atoms with E-state index in [0.717, 1.165) is 11.4 Å². The Morgan fingerprint density at radius 2 is 1.79 bits per heavy atom. The van der Waals surface area contributed by atoms with Crippen LogP contribution in [0.4, 0.5) is 0 Å². The van der Waals surface area contributed by atoms with Gasteiger partial charge in [-0.15, -0.1) is 0 Å². The van der Waals surface area contributed by atoms with Crippen molar-refractivity contribution in [2.24, 2.45) is 5.73 Å². The van der Waals surface area contributed by atoms with E-state index in [-0.39, 0.29) is 5.41 Å². The third-order valence-electron chi connectivity index (χ3n) is 3.67. The van der Waals surface area contributed by atoms with Crippen molar-refractivity contribution in [1.29, 1.82) is 0 Å². The Balaban J connectivity index is 2.29. The second-order valence-corrected chi connectivity index (χ2v) is 5.87. The van der Waals surface area contributed by atoms with Crippen molar-refractivity contribution in [2.45, 2.75) is 25.7 Å². The third-order valence-corrected chi connectivity index (χ3v) is 3.92. The number of rotatable bonds is 4. The van der Waals surface area contributed by atoms with Crippen LogP contribution in [0.25, 0.3) is 0 Å². The minimum atomic E-state index is -0.0572. The summed E-state index contributed by atoms with van der Waals surface area (Å²) in [5.74, 6) is 0. The van der Waals surface area contributed by atoms with Crippen LogP contribution in [0, 0.1) is 6.92 Å². The highest BCUT2D eigenvalue weighted by atomic mass is 35.5. The van der Waals surface area contributed by atoms with Crippen molar-refractivity contribution in [3.63, 3.8) is 0 Å². The summed E-state index contributed by atoms with van der Waals surface area (Å²) < 4.78 is 0. The van der Waals surface area contributed by atoms with Gasteiger partial charge < -0.3 is 5.73 Å². The SMILES string of the molecule is Cc1cccc(CC(C)(CN)c2ccc(Cl)cc2)c1. The van der Waals surface area contributed by atoms with E-state index in [1.807, 2.05) is 12.1 Å². The van der Waals surface area contributed by atoms with Crippen molar-refractivity contribution in [3.8, 4) is 0 Å². The van der Waals surface area contributed by atoms with Gasteiger partial charge in [0.1, 0.15) is 0 Å². The second-order valence-electron chi connectivity index (χ2n) is 5.44. The first-order valence-corrected chi connectivity index (χ1v) is 6.93. The van der Waals surface area contributed by atoms with E-state index in [1.54, 1.807) is 0 Å². The quantitative estimate of drug-likeness (QED) is 0.891. The van der Waals surface area contributed by atoms with Gasteiger partial charge in [-0.2, -0.15) is 0 Å². The molecule has 19 heavy (non-hydrogen) atoms. The largest absolute Gasteiger partial charge is 0.330 e. The van der Waals surface area contributed by atoms with Gasteiger partial charge in [-0.25, -0.2) is 0 Å². The molecule has 2 aromatic rings. The van der Waals surface area contributed by atoms with Crippen LogP contribution in [0.5, 0.6) is 0 Å². The number of hydrogen-bond donors (Lipinski definition) is 1. The molecule has 1 unspecified atom stereocenters. The molecule has 0 radical (unpaired) electrons. The standard InChI is InChI=1S/C17H20ClN/c1-13-4-3-5-14(10-13)11-17(2,12-19)15-6-8-16(18)9-7-15/h3-10H,11-12,19H2,1-2H3. The Hall–Kier alpha value is -1.31. The third kappa shape index (κ3) is 3.37. The molecule has 0 aromatic heterocycles. The molecular formula is C17H20ClN. The lowest BCUT2D eigenvalue weighted by Crippen LogP contribution is -2.34. The fraction of sp³-hybridized carbons (Fsp3) is 0.294. The number of halogens is 1. The van der Waals surface area contributed by atoms with Crippen LogP contribution < -0.4 is 5.73 Å². The van der Waals surface area contributed by atoms with Gasteiger partial charge >= 0.3 is 0 Å². The molecule has 2 heteroatoms. The van der Waals surface area contributed by atoms with Crippen molar-refractivity contribution in [3.05, 3.63) is 70.2 Å². The molecule has 0 amide bonds. The minimum absolute atomic E-state index is 0.0572. The molecule has 1 nitrogen and oxygen atoms in total. The normalized spacial score (nSPS) is 14.1. The maximum atomic E-state index is 6.03. The molecule has 0 bridgehead atoms. The van der Waals surface area contributed by atoms with Crippen LogP contribution >= 0.6 is 11.6 Å². The predicted octanol–water partition coefficient (Wildman–Crippen LogP) is 4.11. The average Bonchev–Trinajstić information content (AvgIpc) is 2.39. The summed E-state index contributed by atoms with van der Waals surface area (Å²) >= 11 is 5.95. The maximum Gasteiger partial charge on any atom is 0.0406 e. The van der Waals surface area contributed by atoms with Crippen molar-refractivity contribution < 1.29 is 0 Å². The van der Waals surface area contributed by atoms with E-state index >= 15 is 0 Å². The minimum Gasteiger partial charge on any atom is -0.330 e. The Bertz CT molecular complexity index is 547. The van der Waals surface area contributed by atoms with Gasteiger partial charge in [0.25, 0.3) is 0 Å². The molecule has 2 N–H and O–H groups in total. The molecule has 0 heterocycles. The van der Waals surface area contributed by atoms with E-state index in [0.29, 0.717) is 6.54 Å². The topological polar surface area (TPSA) is 26.0 Å².